The lowest BCUT2D eigenvalue weighted by Gasteiger charge is -2.35. The zero-order valence-electron chi connectivity index (χ0n) is 11.5. The molecule has 1 aliphatic carbocycles. The highest BCUT2D eigenvalue weighted by Crippen LogP contribution is 2.43. The summed E-state index contributed by atoms with van der Waals surface area (Å²) >= 11 is 0. The van der Waals surface area contributed by atoms with Crippen LogP contribution in [0.2, 0.25) is 0 Å². The van der Waals surface area contributed by atoms with Crippen LogP contribution in [-0.2, 0) is 0 Å². The molecule has 1 saturated carbocycles. The summed E-state index contributed by atoms with van der Waals surface area (Å²) in [7, 11) is 0. The molecular weight excluding hydrogens is 222 g/mol. The summed E-state index contributed by atoms with van der Waals surface area (Å²) in [4.78, 5) is 0. The van der Waals surface area contributed by atoms with Crippen molar-refractivity contribution in [3.05, 3.63) is 35.4 Å². The van der Waals surface area contributed by atoms with Gasteiger partial charge in [0.25, 0.3) is 0 Å². The predicted molar refractivity (Wildman–Crippen MR) is 75.4 cm³/mol. The zero-order valence-corrected chi connectivity index (χ0v) is 11.5. The van der Waals surface area contributed by atoms with Gasteiger partial charge in [-0.15, -0.1) is 0 Å². The summed E-state index contributed by atoms with van der Waals surface area (Å²) in [5, 5.41) is 9.15. The second kappa shape index (κ2) is 5.41. The lowest BCUT2D eigenvalue weighted by Crippen LogP contribution is -2.22. The third-order valence-electron chi connectivity index (χ3n) is 4.21. The van der Waals surface area contributed by atoms with E-state index in [1.165, 1.54) is 31.2 Å². The topological polar surface area (TPSA) is 46.2 Å². The molecule has 0 aromatic heterocycles. The Labute approximate surface area is 110 Å². The number of rotatable bonds is 3. The van der Waals surface area contributed by atoms with E-state index in [4.69, 9.17) is 10.8 Å². The molecule has 0 amide bonds. The molecule has 0 spiro atoms. The average Bonchev–Trinajstić information content (AvgIpc) is 2.37. The Morgan fingerprint density at radius 3 is 2.89 bits per heavy atom. The predicted octanol–water partition coefficient (Wildman–Crippen LogP) is 3.36. The Bertz CT molecular complexity index is 400. The van der Waals surface area contributed by atoms with Gasteiger partial charge in [0.2, 0.25) is 0 Å². The maximum absolute atomic E-state index is 9.15. The van der Waals surface area contributed by atoms with Crippen LogP contribution in [0, 0.1) is 5.41 Å². The first-order chi connectivity index (χ1) is 8.52. The summed E-state index contributed by atoms with van der Waals surface area (Å²) in [6, 6.07) is 8.23. The van der Waals surface area contributed by atoms with Gasteiger partial charge in [-0.3, -0.25) is 0 Å². The molecule has 1 aromatic carbocycles. The van der Waals surface area contributed by atoms with E-state index in [-0.39, 0.29) is 12.6 Å². The van der Waals surface area contributed by atoms with Gasteiger partial charge in [0.15, 0.2) is 0 Å². The van der Waals surface area contributed by atoms with Crippen molar-refractivity contribution < 1.29 is 5.11 Å². The van der Waals surface area contributed by atoms with Gasteiger partial charge in [-0.1, -0.05) is 44.5 Å². The molecule has 1 aliphatic rings. The second-order valence-electron chi connectivity index (χ2n) is 6.42. The Morgan fingerprint density at radius 2 is 2.22 bits per heavy atom. The molecule has 2 nitrogen and oxygen atoms in total. The maximum atomic E-state index is 9.15. The zero-order chi connectivity index (χ0) is 13.2. The van der Waals surface area contributed by atoms with Gasteiger partial charge in [0.05, 0.1) is 12.6 Å². The summed E-state index contributed by atoms with van der Waals surface area (Å²) in [6.07, 6.45) is 5.18. The minimum Gasteiger partial charge on any atom is -0.394 e. The average molecular weight is 247 g/mol. The van der Waals surface area contributed by atoms with Crippen LogP contribution < -0.4 is 5.73 Å². The van der Waals surface area contributed by atoms with Crippen molar-refractivity contribution in [2.45, 2.75) is 51.5 Å². The number of benzene rings is 1. The quantitative estimate of drug-likeness (QED) is 0.860. The molecule has 0 bridgehead atoms. The van der Waals surface area contributed by atoms with Crippen molar-refractivity contribution >= 4 is 0 Å². The summed E-state index contributed by atoms with van der Waals surface area (Å²) in [5.74, 6) is 0.652. The minimum absolute atomic E-state index is 0.0135. The fourth-order valence-corrected chi connectivity index (χ4v) is 3.13. The van der Waals surface area contributed by atoms with Crippen LogP contribution in [0.5, 0.6) is 0 Å². The van der Waals surface area contributed by atoms with Crippen LogP contribution in [0.15, 0.2) is 24.3 Å². The van der Waals surface area contributed by atoms with Crippen molar-refractivity contribution in [1.82, 2.24) is 0 Å². The summed E-state index contributed by atoms with van der Waals surface area (Å²) < 4.78 is 0. The highest BCUT2D eigenvalue weighted by molar-refractivity contribution is 5.29. The van der Waals surface area contributed by atoms with Crippen molar-refractivity contribution in [2.75, 3.05) is 6.61 Å². The van der Waals surface area contributed by atoms with Crippen LogP contribution in [0.1, 0.15) is 62.6 Å². The first kappa shape index (κ1) is 13.6. The molecule has 2 unspecified atom stereocenters. The first-order valence-electron chi connectivity index (χ1n) is 6.98. The highest BCUT2D eigenvalue weighted by atomic mass is 16.3. The van der Waals surface area contributed by atoms with Crippen LogP contribution in [-0.4, -0.2) is 11.7 Å². The van der Waals surface area contributed by atoms with Crippen LogP contribution in [0.3, 0.4) is 0 Å². The molecule has 1 fully saturated rings. The van der Waals surface area contributed by atoms with Crippen molar-refractivity contribution in [2.24, 2.45) is 11.1 Å². The Morgan fingerprint density at radius 1 is 1.44 bits per heavy atom. The van der Waals surface area contributed by atoms with Crippen LogP contribution in [0.25, 0.3) is 0 Å². The molecule has 3 N–H and O–H groups in total. The van der Waals surface area contributed by atoms with Gasteiger partial charge in [-0.25, -0.2) is 0 Å². The largest absolute Gasteiger partial charge is 0.394 e. The van der Waals surface area contributed by atoms with Crippen LogP contribution in [0.4, 0.5) is 0 Å². The van der Waals surface area contributed by atoms with E-state index < -0.39 is 0 Å². The van der Waals surface area contributed by atoms with Gasteiger partial charge < -0.3 is 10.8 Å². The second-order valence-corrected chi connectivity index (χ2v) is 6.42. The van der Waals surface area contributed by atoms with E-state index in [1.54, 1.807) is 0 Å². The maximum Gasteiger partial charge on any atom is 0.0624 e. The van der Waals surface area contributed by atoms with E-state index in [1.807, 2.05) is 6.07 Å². The fraction of sp³-hybridized carbons (Fsp3) is 0.625. The van der Waals surface area contributed by atoms with Crippen LogP contribution >= 0.6 is 0 Å². The molecule has 2 heteroatoms. The molecule has 2 atom stereocenters. The first-order valence-corrected chi connectivity index (χ1v) is 6.98. The third kappa shape index (κ3) is 3.12. The molecule has 18 heavy (non-hydrogen) atoms. The standard InChI is InChI=1S/C16H25NO/c1-16(2)8-4-7-14(10-16)12-5-3-6-13(9-12)15(17)11-18/h3,5-6,9,14-15,18H,4,7-8,10-11,17H2,1-2H3. The van der Waals surface area contributed by atoms with Gasteiger partial charge in [-0.05, 0) is 41.7 Å². The number of hydrogen-bond donors (Lipinski definition) is 2. The Hall–Kier alpha value is -0.860. The molecule has 0 heterocycles. The van der Waals surface area contributed by atoms with E-state index in [9.17, 15) is 0 Å². The number of aliphatic hydroxyl groups is 1. The lowest BCUT2D eigenvalue weighted by atomic mass is 9.70. The van der Waals surface area contributed by atoms with E-state index in [0.29, 0.717) is 11.3 Å². The normalized spacial score (nSPS) is 24.8. The molecule has 0 saturated heterocycles. The highest BCUT2D eigenvalue weighted by Gasteiger charge is 2.28. The van der Waals surface area contributed by atoms with Gasteiger partial charge in [0, 0.05) is 0 Å². The lowest BCUT2D eigenvalue weighted by molar-refractivity contribution is 0.219. The molecule has 1 aromatic rings. The SMILES string of the molecule is CC1(C)CCCC(c2cccc(C(N)CO)c2)C1. The number of aliphatic hydroxyl groups excluding tert-OH is 1. The van der Waals surface area contributed by atoms with E-state index >= 15 is 0 Å². The Balaban J connectivity index is 2.18. The minimum atomic E-state index is -0.249. The summed E-state index contributed by atoms with van der Waals surface area (Å²) in [6.45, 7) is 4.74. The fourth-order valence-electron chi connectivity index (χ4n) is 3.13. The molecular formula is C16H25NO. The number of hydrogen-bond acceptors (Lipinski definition) is 2. The van der Waals surface area contributed by atoms with Gasteiger partial charge >= 0.3 is 0 Å². The van der Waals surface area contributed by atoms with E-state index in [2.05, 4.69) is 32.0 Å². The molecule has 2 rings (SSSR count). The Kier molecular flexibility index (Phi) is 4.08. The van der Waals surface area contributed by atoms with Gasteiger partial charge in [0.1, 0.15) is 0 Å². The van der Waals surface area contributed by atoms with E-state index in [0.717, 1.165) is 5.56 Å². The van der Waals surface area contributed by atoms with Crippen molar-refractivity contribution in [1.29, 1.82) is 0 Å². The van der Waals surface area contributed by atoms with Crippen molar-refractivity contribution in [3.63, 3.8) is 0 Å². The molecule has 100 valence electrons. The smallest absolute Gasteiger partial charge is 0.0624 e. The monoisotopic (exact) mass is 247 g/mol. The molecule has 0 radical (unpaired) electrons. The third-order valence-corrected chi connectivity index (χ3v) is 4.21. The number of nitrogens with two attached hydrogens (primary N) is 1. The summed E-state index contributed by atoms with van der Waals surface area (Å²) in [5.41, 5.74) is 8.80. The van der Waals surface area contributed by atoms with Crippen molar-refractivity contribution in [3.8, 4) is 0 Å². The molecule has 0 aliphatic heterocycles. The van der Waals surface area contributed by atoms with Gasteiger partial charge in [-0.2, -0.15) is 0 Å².